The van der Waals surface area contributed by atoms with Gasteiger partial charge in [-0.15, -0.1) is 0 Å². The molecule has 0 amide bonds. The summed E-state index contributed by atoms with van der Waals surface area (Å²) in [6.07, 6.45) is 1.34. The maximum Gasteiger partial charge on any atom is 0.282 e. The van der Waals surface area contributed by atoms with Crippen LogP contribution in [0.1, 0.15) is 12.0 Å². The van der Waals surface area contributed by atoms with Gasteiger partial charge in [0.1, 0.15) is 5.65 Å². The van der Waals surface area contributed by atoms with Crippen LogP contribution in [-0.4, -0.2) is 9.97 Å². The monoisotopic (exact) mass is 238 g/mol. The van der Waals surface area contributed by atoms with Crippen molar-refractivity contribution in [2.24, 2.45) is 0 Å². The van der Waals surface area contributed by atoms with Crippen LogP contribution in [0.3, 0.4) is 0 Å². The van der Waals surface area contributed by atoms with Crippen LogP contribution in [-0.2, 0) is 0 Å². The minimum Gasteiger partial charge on any atom is -0.445 e. The number of nitrogens with one attached hydrogen (secondary N) is 1. The van der Waals surface area contributed by atoms with Gasteiger partial charge in [0.25, 0.3) is 6.29 Å². The third-order valence-electron chi connectivity index (χ3n) is 2.98. The van der Waals surface area contributed by atoms with Crippen molar-refractivity contribution in [3.05, 3.63) is 54.4 Å². The van der Waals surface area contributed by atoms with Crippen molar-refractivity contribution in [2.75, 3.05) is 0 Å². The molecule has 4 heteroatoms. The molecule has 18 heavy (non-hydrogen) atoms. The normalized spacial score (nSPS) is 14.2. The molecule has 3 heterocycles. The molecule has 1 aliphatic heterocycles. The molecule has 0 radical (unpaired) electrons. The largest absolute Gasteiger partial charge is 0.445 e. The van der Waals surface area contributed by atoms with Gasteiger partial charge in [-0.1, -0.05) is 12.1 Å². The van der Waals surface area contributed by atoms with Crippen LogP contribution >= 0.6 is 0 Å². The number of benzene rings is 1. The standard InChI is InChI=1S/C14H10N2O2/c1-2-6-12-11(5-1)17-14(18-12)10-8-9-4-3-7-15-13(9)16-10/h1-8,14H,(H,15,16). The molecular weight excluding hydrogens is 228 g/mol. The first-order valence-electron chi connectivity index (χ1n) is 5.76. The van der Waals surface area contributed by atoms with E-state index >= 15 is 0 Å². The first kappa shape index (κ1) is 9.53. The Morgan fingerprint density at radius 1 is 1.00 bits per heavy atom. The minimum absolute atomic E-state index is 0.420. The summed E-state index contributed by atoms with van der Waals surface area (Å²) in [5.74, 6) is 1.54. The Morgan fingerprint density at radius 2 is 1.78 bits per heavy atom. The zero-order valence-corrected chi connectivity index (χ0v) is 9.46. The van der Waals surface area contributed by atoms with Gasteiger partial charge >= 0.3 is 0 Å². The molecule has 0 aliphatic carbocycles. The molecule has 4 nitrogen and oxygen atoms in total. The Morgan fingerprint density at radius 3 is 2.50 bits per heavy atom. The number of para-hydroxylation sites is 2. The summed E-state index contributed by atoms with van der Waals surface area (Å²) in [7, 11) is 0. The lowest BCUT2D eigenvalue weighted by Gasteiger charge is -2.07. The van der Waals surface area contributed by atoms with Gasteiger partial charge < -0.3 is 14.5 Å². The van der Waals surface area contributed by atoms with Crippen LogP contribution in [0.5, 0.6) is 11.5 Å². The topological polar surface area (TPSA) is 47.1 Å². The molecular formula is C14H10N2O2. The maximum absolute atomic E-state index is 5.74. The van der Waals surface area contributed by atoms with Crippen LogP contribution in [0.2, 0.25) is 0 Å². The molecule has 0 bridgehead atoms. The molecule has 0 saturated heterocycles. The van der Waals surface area contributed by atoms with Crippen LogP contribution in [0.25, 0.3) is 11.0 Å². The Bertz CT molecular complexity index is 662. The predicted molar refractivity (Wildman–Crippen MR) is 66.5 cm³/mol. The fourth-order valence-corrected chi connectivity index (χ4v) is 2.13. The lowest BCUT2D eigenvalue weighted by atomic mass is 10.3. The Hall–Kier alpha value is -2.49. The first-order valence-corrected chi connectivity index (χ1v) is 5.76. The van der Waals surface area contributed by atoms with E-state index in [1.54, 1.807) is 6.20 Å². The number of aromatic nitrogens is 2. The molecule has 1 aliphatic rings. The summed E-state index contributed by atoms with van der Waals surface area (Å²) < 4.78 is 11.5. The van der Waals surface area contributed by atoms with E-state index in [0.29, 0.717) is 0 Å². The second kappa shape index (κ2) is 3.50. The van der Waals surface area contributed by atoms with Gasteiger partial charge in [0, 0.05) is 11.6 Å². The summed E-state index contributed by atoms with van der Waals surface area (Å²) in [5.41, 5.74) is 1.72. The highest BCUT2D eigenvalue weighted by molar-refractivity contribution is 5.76. The van der Waals surface area contributed by atoms with Gasteiger partial charge in [-0.2, -0.15) is 0 Å². The Labute approximate surface area is 103 Å². The zero-order chi connectivity index (χ0) is 11.9. The first-order chi connectivity index (χ1) is 8.90. The molecule has 1 N–H and O–H groups in total. The number of hydrogen-bond donors (Lipinski definition) is 1. The van der Waals surface area contributed by atoms with E-state index in [4.69, 9.17) is 9.47 Å². The smallest absolute Gasteiger partial charge is 0.282 e. The number of fused-ring (bicyclic) bond motifs is 2. The van der Waals surface area contributed by atoms with Gasteiger partial charge in [-0.25, -0.2) is 4.98 Å². The number of pyridine rings is 1. The summed E-state index contributed by atoms with van der Waals surface area (Å²) in [6, 6.07) is 13.6. The molecule has 3 aromatic rings. The predicted octanol–water partition coefficient (Wildman–Crippen LogP) is 3.03. The highest BCUT2D eigenvalue weighted by atomic mass is 16.7. The van der Waals surface area contributed by atoms with E-state index in [-0.39, 0.29) is 0 Å². The highest BCUT2D eigenvalue weighted by Gasteiger charge is 2.26. The van der Waals surface area contributed by atoms with E-state index in [1.165, 1.54) is 0 Å². The molecule has 2 aromatic heterocycles. The number of nitrogens with zero attached hydrogens (tertiary/aromatic N) is 1. The molecule has 1 aromatic carbocycles. The SMILES string of the molecule is c1ccc2c(c1)OC(c1cc3cccnc3[nH]1)O2. The van der Waals surface area contributed by atoms with E-state index in [2.05, 4.69) is 9.97 Å². The van der Waals surface area contributed by atoms with E-state index in [1.807, 2.05) is 42.5 Å². The third kappa shape index (κ3) is 1.35. The summed E-state index contributed by atoms with van der Waals surface area (Å²) in [4.78, 5) is 7.47. The average molecular weight is 238 g/mol. The van der Waals surface area contributed by atoms with Crippen LogP contribution in [0.15, 0.2) is 48.7 Å². The molecule has 88 valence electrons. The third-order valence-corrected chi connectivity index (χ3v) is 2.98. The van der Waals surface area contributed by atoms with E-state index < -0.39 is 6.29 Å². The van der Waals surface area contributed by atoms with Crippen LogP contribution in [0.4, 0.5) is 0 Å². The van der Waals surface area contributed by atoms with Gasteiger partial charge in [0.15, 0.2) is 11.5 Å². The molecule has 0 fully saturated rings. The molecule has 0 saturated carbocycles. The van der Waals surface area contributed by atoms with Crippen molar-refractivity contribution < 1.29 is 9.47 Å². The highest BCUT2D eigenvalue weighted by Crippen LogP contribution is 2.39. The Balaban J connectivity index is 1.73. The number of H-pyrrole nitrogens is 1. The lowest BCUT2D eigenvalue weighted by molar-refractivity contribution is 0.0454. The van der Waals surface area contributed by atoms with Crippen molar-refractivity contribution in [1.82, 2.24) is 9.97 Å². The fourth-order valence-electron chi connectivity index (χ4n) is 2.13. The van der Waals surface area contributed by atoms with Crippen molar-refractivity contribution >= 4 is 11.0 Å². The lowest BCUT2D eigenvalue weighted by Crippen LogP contribution is -2.08. The Kier molecular flexibility index (Phi) is 1.85. The van der Waals surface area contributed by atoms with Crippen LogP contribution in [0, 0.1) is 0 Å². The number of ether oxygens (including phenoxy) is 2. The minimum atomic E-state index is -0.420. The second-order valence-corrected chi connectivity index (χ2v) is 4.18. The van der Waals surface area contributed by atoms with Crippen molar-refractivity contribution in [3.63, 3.8) is 0 Å². The second-order valence-electron chi connectivity index (χ2n) is 4.18. The molecule has 0 spiro atoms. The van der Waals surface area contributed by atoms with E-state index in [9.17, 15) is 0 Å². The van der Waals surface area contributed by atoms with Crippen LogP contribution < -0.4 is 9.47 Å². The summed E-state index contributed by atoms with van der Waals surface area (Å²) >= 11 is 0. The van der Waals surface area contributed by atoms with Crippen molar-refractivity contribution in [1.29, 1.82) is 0 Å². The summed E-state index contributed by atoms with van der Waals surface area (Å²) in [6.45, 7) is 0. The van der Waals surface area contributed by atoms with Gasteiger partial charge in [0.2, 0.25) is 0 Å². The molecule has 0 unspecified atom stereocenters. The van der Waals surface area contributed by atoms with Gasteiger partial charge in [-0.05, 0) is 30.3 Å². The molecule has 4 rings (SSSR count). The van der Waals surface area contributed by atoms with Crippen molar-refractivity contribution in [3.8, 4) is 11.5 Å². The van der Waals surface area contributed by atoms with E-state index in [0.717, 1.165) is 28.2 Å². The molecule has 0 atom stereocenters. The maximum atomic E-state index is 5.74. The number of rotatable bonds is 1. The number of hydrogen-bond acceptors (Lipinski definition) is 3. The van der Waals surface area contributed by atoms with Crippen molar-refractivity contribution in [2.45, 2.75) is 6.29 Å². The fraction of sp³-hybridized carbons (Fsp3) is 0.0714. The van der Waals surface area contributed by atoms with Gasteiger partial charge in [-0.3, -0.25) is 0 Å². The summed E-state index contributed by atoms with van der Waals surface area (Å²) in [5, 5.41) is 1.05. The quantitative estimate of drug-likeness (QED) is 0.708. The average Bonchev–Trinajstić information content (AvgIpc) is 3.02. The van der Waals surface area contributed by atoms with Gasteiger partial charge in [0.05, 0.1) is 5.69 Å². The number of aromatic amines is 1. The zero-order valence-electron chi connectivity index (χ0n) is 9.46.